The van der Waals surface area contributed by atoms with E-state index in [0.29, 0.717) is 16.9 Å². The molecular formula is C22H22N2O3S. The molecule has 0 unspecified atom stereocenters. The first-order chi connectivity index (χ1) is 13.3. The van der Waals surface area contributed by atoms with E-state index in [2.05, 4.69) is 10.0 Å². The number of carbonyl (C=O) groups excluding carboxylic acids is 1. The molecule has 2 N–H and O–H groups in total. The molecule has 0 bridgehead atoms. The fourth-order valence-electron chi connectivity index (χ4n) is 2.83. The fraction of sp³-hybridized carbons (Fsp3) is 0.136. The Labute approximate surface area is 165 Å². The van der Waals surface area contributed by atoms with E-state index in [-0.39, 0.29) is 16.4 Å². The normalized spacial score (nSPS) is 11.1. The van der Waals surface area contributed by atoms with Crippen LogP contribution in [0.3, 0.4) is 0 Å². The summed E-state index contributed by atoms with van der Waals surface area (Å²) < 4.78 is 28.2. The Morgan fingerprint density at radius 2 is 1.54 bits per heavy atom. The molecule has 28 heavy (non-hydrogen) atoms. The van der Waals surface area contributed by atoms with Gasteiger partial charge in [-0.05, 0) is 67.8 Å². The quantitative estimate of drug-likeness (QED) is 0.661. The van der Waals surface area contributed by atoms with E-state index < -0.39 is 10.0 Å². The molecule has 3 aromatic rings. The van der Waals surface area contributed by atoms with Crippen LogP contribution < -0.4 is 10.0 Å². The molecule has 0 fully saturated rings. The van der Waals surface area contributed by atoms with Crippen LogP contribution in [0.1, 0.15) is 27.0 Å². The van der Waals surface area contributed by atoms with Gasteiger partial charge < -0.3 is 5.32 Å². The van der Waals surface area contributed by atoms with E-state index in [1.807, 2.05) is 32.0 Å². The number of hydrogen-bond donors (Lipinski definition) is 2. The maximum atomic E-state index is 12.8. The van der Waals surface area contributed by atoms with E-state index >= 15 is 0 Å². The molecule has 0 aliphatic rings. The van der Waals surface area contributed by atoms with Crippen molar-refractivity contribution in [1.82, 2.24) is 0 Å². The number of hydrogen-bond acceptors (Lipinski definition) is 3. The predicted octanol–water partition coefficient (Wildman–Crippen LogP) is 4.66. The number of amides is 1. The van der Waals surface area contributed by atoms with Crippen molar-refractivity contribution in [1.29, 1.82) is 0 Å². The van der Waals surface area contributed by atoms with E-state index in [4.69, 9.17) is 0 Å². The lowest BCUT2D eigenvalue weighted by Gasteiger charge is -2.13. The minimum Gasteiger partial charge on any atom is -0.322 e. The number of anilines is 2. The highest BCUT2D eigenvalue weighted by molar-refractivity contribution is 7.92. The molecule has 6 heteroatoms. The van der Waals surface area contributed by atoms with Gasteiger partial charge in [0.25, 0.3) is 15.9 Å². The zero-order chi connectivity index (χ0) is 20.3. The van der Waals surface area contributed by atoms with Gasteiger partial charge in [-0.3, -0.25) is 9.52 Å². The molecule has 0 saturated heterocycles. The van der Waals surface area contributed by atoms with Gasteiger partial charge in [-0.15, -0.1) is 0 Å². The number of carbonyl (C=O) groups is 1. The van der Waals surface area contributed by atoms with Gasteiger partial charge in [0.2, 0.25) is 0 Å². The summed E-state index contributed by atoms with van der Waals surface area (Å²) in [4.78, 5) is 12.8. The van der Waals surface area contributed by atoms with E-state index in [9.17, 15) is 13.2 Å². The second kappa shape index (κ2) is 7.86. The molecule has 3 rings (SSSR count). The number of sulfonamides is 1. The maximum Gasteiger partial charge on any atom is 0.262 e. The first-order valence-electron chi connectivity index (χ1n) is 8.84. The van der Waals surface area contributed by atoms with Crippen molar-refractivity contribution < 1.29 is 13.2 Å². The highest BCUT2D eigenvalue weighted by Crippen LogP contribution is 2.23. The van der Waals surface area contributed by atoms with Gasteiger partial charge in [0.1, 0.15) is 0 Å². The van der Waals surface area contributed by atoms with Crippen molar-refractivity contribution in [2.75, 3.05) is 10.0 Å². The lowest BCUT2D eigenvalue weighted by molar-refractivity contribution is 0.102. The molecule has 0 heterocycles. The van der Waals surface area contributed by atoms with Crippen LogP contribution in [0.5, 0.6) is 0 Å². The number of nitrogens with one attached hydrogen (secondary N) is 2. The smallest absolute Gasteiger partial charge is 0.262 e. The Morgan fingerprint density at radius 1 is 0.821 bits per heavy atom. The highest BCUT2D eigenvalue weighted by Gasteiger charge is 2.19. The summed E-state index contributed by atoms with van der Waals surface area (Å²) in [7, 11) is -3.82. The van der Waals surface area contributed by atoms with E-state index in [0.717, 1.165) is 11.1 Å². The van der Waals surface area contributed by atoms with Crippen LogP contribution in [0.2, 0.25) is 0 Å². The third-order valence-electron chi connectivity index (χ3n) is 4.62. The van der Waals surface area contributed by atoms with Crippen LogP contribution in [0, 0.1) is 20.8 Å². The molecule has 0 aliphatic heterocycles. The Kier molecular flexibility index (Phi) is 5.51. The van der Waals surface area contributed by atoms with Gasteiger partial charge in [-0.1, -0.05) is 36.4 Å². The van der Waals surface area contributed by atoms with Crippen molar-refractivity contribution in [3.8, 4) is 0 Å². The molecule has 1 amide bonds. The average molecular weight is 394 g/mol. The molecule has 3 aromatic carbocycles. The SMILES string of the molecule is Cc1ccc(C(=O)Nc2cccc(C)c2C)cc1S(=O)(=O)Nc1ccccc1. The topological polar surface area (TPSA) is 75.3 Å². The van der Waals surface area contributed by atoms with Crippen molar-refractivity contribution in [3.05, 3.63) is 89.0 Å². The second-order valence-corrected chi connectivity index (χ2v) is 8.30. The molecule has 0 spiro atoms. The molecule has 0 atom stereocenters. The Bertz CT molecular complexity index is 1120. The van der Waals surface area contributed by atoms with Crippen LogP contribution in [0.4, 0.5) is 11.4 Å². The Morgan fingerprint density at radius 3 is 2.25 bits per heavy atom. The van der Waals surface area contributed by atoms with Gasteiger partial charge in [0.15, 0.2) is 0 Å². The zero-order valence-corrected chi connectivity index (χ0v) is 16.8. The van der Waals surface area contributed by atoms with Gasteiger partial charge in [0.05, 0.1) is 4.90 Å². The largest absolute Gasteiger partial charge is 0.322 e. The van der Waals surface area contributed by atoms with E-state index in [1.165, 1.54) is 6.07 Å². The Balaban J connectivity index is 1.90. The standard InChI is InChI=1S/C22H22N2O3S/c1-15-8-7-11-20(17(15)3)23-22(25)18-13-12-16(2)21(14-18)28(26,27)24-19-9-5-4-6-10-19/h4-14,24H,1-3H3,(H,23,25). The molecule has 0 saturated carbocycles. The minimum atomic E-state index is -3.82. The van der Waals surface area contributed by atoms with Crippen molar-refractivity contribution in [3.63, 3.8) is 0 Å². The van der Waals surface area contributed by atoms with Gasteiger partial charge in [-0.25, -0.2) is 8.42 Å². The molecular weight excluding hydrogens is 372 g/mol. The summed E-state index contributed by atoms with van der Waals surface area (Å²) in [6.07, 6.45) is 0. The highest BCUT2D eigenvalue weighted by atomic mass is 32.2. The van der Waals surface area contributed by atoms with Crippen LogP contribution >= 0.6 is 0 Å². The first kappa shape index (κ1) is 19.6. The monoisotopic (exact) mass is 394 g/mol. The number of aryl methyl sites for hydroxylation is 2. The number of rotatable bonds is 5. The molecule has 5 nitrogen and oxygen atoms in total. The molecule has 0 aromatic heterocycles. The lowest BCUT2D eigenvalue weighted by atomic mass is 10.1. The summed E-state index contributed by atoms with van der Waals surface area (Å²) in [5, 5.41) is 2.86. The average Bonchev–Trinajstić information content (AvgIpc) is 2.66. The number of benzene rings is 3. The van der Waals surface area contributed by atoms with Gasteiger partial charge >= 0.3 is 0 Å². The third kappa shape index (κ3) is 4.23. The number of para-hydroxylation sites is 1. The minimum absolute atomic E-state index is 0.0740. The molecule has 0 radical (unpaired) electrons. The van der Waals surface area contributed by atoms with Crippen molar-refractivity contribution in [2.24, 2.45) is 0 Å². The second-order valence-electron chi connectivity index (χ2n) is 6.65. The summed E-state index contributed by atoms with van der Waals surface area (Å²) in [5.41, 5.74) is 4.05. The van der Waals surface area contributed by atoms with Crippen LogP contribution in [-0.4, -0.2) is 14.3 Å². The predicted molar refractivity (Wildman–Crippen MR) is 112 cm³/mol. The lowest BCUT2D eigenvalue weighted by Crippen LogP contribution is -2.17. The summed E-state index contributed by atoms with van der Waals surface area (Å²) in [6.45, 7) is 5.60. The summed E-state index contributed by atoms with van der Waals surface area (Å²) in [6, 6.07) is 19.0. The molecule has 144 valence electrons. The zero-order valence-electron chi connectivity index (χ0n) is 16.0. The van der Waals surface area contributed by atoms with Crippen LogP contribution in [0.25, 0.3) is 0 Å². The molecule has 0 aliphatic carbocycles. The maximum absolute atomic E-state index is 12.8. The van der Waals surface area contributed by atoms with Crippen LogP contribution in [-0.2, 0) is 10.0 Å². The van der Waals surface area contributed by atoms with Gasteiger partial charge in [0, 0.05) is 16.9 Å². The van der Waals surface area contributed by atoms with Crippen molar-refractivity contribution in [2.45, 2.75) is 25.7 Å². The summed E-state index contributed by atoms with van der Waals surface area (Å²) in [5.74, 6) is -0.357. The Hall–Kier alpha value is -3.12. The third-order valence-corrected chi connectivity index (χ3v) is 6.14. The van der Waals surface area contributed by atoms with E-state index in [1.54, 1.807) is 49.4 Å². The summed E-state index contributed by atoms with van der Waals surface area (Å²) >= 11 is 0. The fourth-order valence-corrected chi connectivity index (χ4v) is 4.16. The first-order valence-corrected chi connectivity index (χ1v) is 10.3. The van der Waals surface area contributed by atoms with Gasteiger partial charge in [-0.2, -0.15) is 0 Å². The van der Waals surface area contributed by atoms with Crippen LogP contribution in [0.15, 0.2) is 71.6 Å². The van der Waals surface area contributed by atoms with Crippen molar-refractivity contribution >= 4 is 27.3 Å².